The van der Waals surface area contributed by atoms with Crippen LogP contribution in [0.2, 0.25) is 5.02 Å². The average Bonchev–Trinajstić information content (AvgIpc) is 1.95. The molecule has 0 radical (unpaired) electrons. The van der Waals surface area contributed by atoms with Gasteiger partial charge in [0.25, 0.3) is 0 Å². The van der Waals surface area contributed by atoms with E-state index in [1.165, 1.54) is 6.20 Å². The van der Waals surface area contributed by atoms with Gasteiger partial charge in [0, 0.05) is 6.20 Å². The van der Waals surface area contributed by atoms with Gasteiger partial charge in [0.15, 0.2) is 5.82 Å². The number of hydrogen-bond donors (Lipinski definition) is 1. The van der Waals surface area contributed by atoms with Crippen molar-refractivity contribution in [1.82, 2.24) is 4.98 Å². The molecule has 0 spiro atoms. The molecule has 58 valence electrons. The molecule has 0 aliphatic rings. The molecule has 1 rings (SSSR count). The second-order valence-corrected chi connectivity index (χ2v) is 2.20. The summed E-state index contributed by atoms with van der Waals surface area (Å²) in [5.41, 5.74) is -0.0445. The van der Waals surface area contributed by atoms with Crippen LogP contribution in [0.4, 0.5) is 4.39 Å². The molecule has 1 aromatic rings. The summed E-state index contributed by atoms with van der Waals surface area (Å²) in [6.45, 7) is 0. The Bertz CT molecular complexity index is 290. The van der Waals surface area contributed by atoms with E-state index >= 15 is 0 Å². The van der Waals surface area contributed by atoms with E-state index in [-0.39, 0.29) is 10.7 Å². The standard InChI is InChI=1S/C6H4ClFN2O/c7-4-1-5(8)6(3-10-11)9-2-4/h1-3,11H. The van der Waals surface area contributed by atoms with Crippen molar-refractivity contribution in [2.24, 2.45) is 5.16 Å². The third-order valence-electron chi connectivity index (χ3n) is 1.02. The summed E-state index contributed by atoms with van der Waals surface area (Å²) in [5, 5.41) is 10.9. The van der Waals surface area contributed by atoms with Gasteiger partial charge in [-0.15, -0.1) is 0 Å². The van der Waals surface area contributed by atoms with E-state index in [1.807, 2.05) is 0 Å². The molecular weight excluding hydrogens is 171 g/mol. The van der Waals surface area contributed by atoms with E-state index in [9.17, 15) is 4.39 Å². The Kier molecular flexibility index (Phi) is 2.38. The number of halogens is 2. The predicted molar refractivity (Wildman–Crippen MR) is 38.6 cm³/mol. The van der Waals surface area contributed by atoms with Crippen molar-refractivity contribution >= 4 is 17.8 Å². The molecule has 0 saturated carbocycles. The van der Waals surface area contributed by atoms with Gasteiger partial charge in [0.05, 0.1) is 11.2 Å². The molecule has 3 nitrogen and oxygen atoms in total. The Hall–Kier alpha value is -1.16. The van der Waals surface area contributed by atoms with Gasteiger partial charge >= 0.3 is 0 Å². The highest BCUT2D eigenvalue weighted by atomic mass is 35.5. The molecule has 0 aromatic carbocycles. The first-order valence-electron chi connectivity index (χ1n) is 2.72. The topological polar surface area (TPSA) is 45.5 Å². The third-order valence-corrected chi connectivity index (χ3v) is 1.22. The zero-order chi connectivity index (χ0) is 8.27. The van der Waals surface area contributed by atoms with Gasteiger partial charge in [0.1, 0.15) is 5.69 Å². The number of pyridine rings is 1. The van der Waals surface area contributed by atoms with Crippen LogP contribution in [0, 0.1) is 5.82 Å². The van der Waals surface area contributed by atoms with Crippen LogP contribution >= 0.6 is 11.6 Å². The van der Waals surface area contributed by atoms with Gasteiger partial charge in [-0.1, -0.05) is 16.8 Å². The summed E-state index contributed by atoms with van der Waals surface area (Å²) in [7, 11) is 0. The molecule has 11 heavy (non-hydrogen) atoms. The van der Waals surface area contributed by atoms with Crippen molar-refractivity contribution in [1.29, 1.82) is 0 Å². The van der Waals surface area contributed by atoms with Crippen molar-refractivity contribution in [2.45, 2.75) is 0 Å². The monoisotopic (exact) mass is 174 g/mol. The lowest BCUT2D eigenvalue weighted by atomic mass is 10.3. The van der Waals surface area contributed by atoms with Gasteiger partial charge in [0.2, 0.25) is 0 Å². The fourth-order valence-electron chi connectivity index (χ4n) is 0.575. The van der Waals surface area contributed by atoms with E-state index in [0.717, 1.165) is 12.3 Å². The zero-order valence-electron chi connectivity index (χ0n) is 5.33. The molecule has 1 heterocycles. The van der Waals surface area contributed by atoms with Crippen molar-refractivity contribution in [3.8, 4) is 0 Å². The minimum absolute atomic E-state index is 0.0445. The van der Waals surface area contributed by atoms with Crippen molar-refractivity contribution < 1.29 is 9.60 Å². The van der Waals surface area contributed by atoms with Crippen LogP contribution < -0.4 is 0 Å². The summed E-state index contributed by atoms with van der Waals surface area (Å²) in [6.07, 6.45) is 2.16. The summed E-state index contributed by atoms with van der Waals surface area (Å²) in [5.74, 6) is -0.615. The number of rotatable bonds is 1. The van der Waals surface area contributed by atoms with E-state index in [2.05, 4.69) is 10.1 Å². The van der Waals surface area contributed by atoms with Gasteiger partial charge in [-0.2, -0.15) is 0 Å². The summed E-state index contributed by atoms with van der Waals surface area (Å²) in [4.78, 5) is 3.55. The van der Waals surface area contributed by atoms with E-state index in [0.29, 0.717) is 0 Å². The number of aromatic nitrogens is 1. The van der Waals surface area contributed by atoms with E-state index in [4.69, 9.17) is 16.8 Å². The maximum Gasteiger partial charge on any atom is 0.152 e. The Morgan fingerprint density at radius 1 is 1.73 bits per heavy atom. The quantitative estimate of drug-likeness (QED) is 0.400. The zero-order valence-corrected chi connectivity index (χ0v) is 6.09. The molecule has 0 fully saturated rings. The Balaban J connectivity index is 3.09. The SMILES string of the molecule is ON=Cc1ncc(Cl)cc1F. The van der Waals surface area contributed by atoms with Crippen LogP contribution in [0.1, 0.15) is 5.69 Å². The lowest BCUT2D eigenvalue weighted by Crippen LogP contribution is -1.92. The molecular formula is C6H4ClFN2O. The smallest absolute Gasteiger partial charge is 0.152 e. The molecule has 0 atom stereocenters. The van der Waals surface area contributed by atoms with Crippen LogP contribution in [-0.4, -0.2) is 16.4 Å². The molecule has 0 aliphatic heterocycles. The van der Waals surface area contributed by atoms with E-state index in [1.54, 1.807) is 0 Å². The third kappa shape index (κ3) is 1.88. The lowest BCUT2D eigenvalue weighted by Gasteiger charge is -1.93. The molecule has 1 N–H and O–H groups in total. The Labute approximate surface area is 67.1 Å². The van der Waals surface area contributed by atoms with Gasteiger partial charge in [-0.05, 0) is 6.07 Å². The second-order valence-electron chi connectivity index (χ2n) is 1.77. The Morgan fingerprint density at radius 3 is 3.00 bits per heavy atom. The van der Waals surface area contributed by atoms with Gasteiger partial charge < -0.3 is 5.21 Å². The normalized spacial score (nSPS) is 10.7. The highest BCUT2D eigenvalue weighted by Gasteiger charge is 2.00. The maximum absolute atomic E-state index is 12.7. The van der Waals surface area contributed by atoms with Crippen LogP contribution in [0.3, 0.4) is 0 Å². The summed E-state index contributed by atoms with van der Waals surface area (Å²) >= 11 is 5.41. The molecule has 0 amide bonds. The number of hydrogen-bond acceptors (Lipinski definition) is 3. The molecule has 0 aliphatic carbocycles. The highest BCUT2D eigenvalue weighted by Crippen LogP contribution is 2.09. The average molecular weight is 175 g/mol. The van der Waals surface area contributed by atoms with E-state index < -0.39 is 5.82 Å². The van der Waals surface area contributed by atoms with Crippen molar-refractivity contribution in [3.63, 3.8) is 0 Å². The Morgan fingerprint density at radius 2 is 2.45 bits per heavy atom. The van der Waals surface area contributed by atoms with Crippen LogP contribution in [-0.2, 0) is 0 Å². The van der Waals surface area contributed by atoms with Crippen LogP contribution in [0.5, 0.6) is 0 Å². The first-order chi connectivity index (χ1) is 5.24. The molecule has 1 aromatic heterocycles. The maximum atomic E-state index is 12.7. The molecule has 5 heteroatoms. The van der Waals surface area contributed by atoms with Crippen molar-refractivity contribution in [3.05, 3.63) is 28.8 Å². The van der Waals surface area contributed by atoms with Crippen molar-refractivity contribution in [2.75, 3.05) is 0 Å². The predicted octanol–water partition coefficient (Wildman–Crippen LogP) is 1.68. The first-order valence-corrected chi connectivity index (χ1v) is 3.10. The molecule has 0 bridgehead atoms. The van der Waals surface area contributed by atoms with Crippen LogP contribution in [0.15, 0.2) is 17.4 Å². The fraction of sp³-hybridized carbons (Fsp3) is 0. The molecule has 0 unspecified atom stereocenters. The van der Waals surface area contributed by atoms with Gasteiger partial charge in [-0.25, -0.2) is 4.39 Å². The summed E-state index contributed by atoms with van der Waals surface area (Å²) in [6, 6.07) is 1.09. The van der Waals surface area contributed by atoms with Gasteiger partial charge in [-0.3, -0.25) is 4.98 Å². The second kappa shape index (κ2) is 3.30. The summed E-state index contributed by atoms with van der Waals surface area (Å²) < 4.78 is 12.7. The highest BCUT2D eigenvalue weighted by molar-refractivity contribution is 6.30. The minimum Gasteiger partial charge on any atom is -0.411 e. The first kappa shape index (κ1) is 7.94. The number of nitrogens with zero attached hydrogens (tertiary/aromatic N) is 2. The number of oxime groups is 1. The minimum atomic E-state index is -0.615. The fourth-order valence-corrected chi connectivity index (χ4v) is 0.719. The molecule has 0 saturated heterocycles. The van der Waals surface area contributed by atoms with Crippen LogP contribution in [0.25, 0.3) is 0 Å². The largest absolute Gasteiger partial charge is 0.411 e. The lowest BCUT2D eigenvalue weighted by molar-refractivity contribution is 0.321.